The van der Waals surface area contributed by atoms with Crippen molar-refractivity contribution < 1.29 is 17.9 Å². The number of carbonyl (C=O) groups is 1. The molecular weight excluding hydrogens is 414 g/mol. The zero-order valence-electron chi connectivity index (χ0n) is 18.2. The number of amides is 1. The van der Waals surface area contributed by atoms with E-state index in [-0.39, 0.29) is 17.7 Å². The number of fused-ring (bicyclic) bond motifs is 1. The molecule has 166 valence electrons. The van der Waals surface area contributed by atoms with Crippen LogP contribution in [0.5, 0.6) is 5.75 Å². The second kappa shape index (κ2) is 8.42. The monoisotopic (exact) mass is 443 g/mol. The molecule has 2 aliphatic rings. The fourth-order valence-corrected chi connectivity index (χ4v) is 5.90. The van der Waals surface area contributed by atoms with E-state index in [0.717, 1.165) is 30.1 Å². The predicted molar refractivity (Wildman–Crippen MR) is 123 cm³/mol. The smallest absolute Gasteiger partial charge is 0.253 e. The summed E-state index contributed by atoms with van der Waals surface area (Å²) in [4.78, 5) is 17.2. The summed E-state index contributed by atoms with van der Waals surface area (Å²) >= 11 is 0. The molecule has 31 heavy (non-hydrogen) atoms. The summed E-state index contributed by atoms with van der Waals surface area (Å²) in [5, 5.41) is 0. The summed E-state index contributed by atoms with van der Waals surface area (Å²) < 4.78 is 31.9. The first-order chi connectivity index (χ1) is 14.9. The molecule has 0 unspecified atom stereocenters. The highest BCUT2D eigenvalue weighted by molar-refractivity contribution is 7.92. The Labute approximate surface area is 184 Å². The van der Waals surface area contributed by atoms with Crippen molar-refractivity contribution in [2.75, 3.05) is 48.2 Å². The number of ether oxygens (including phenoxy) is 1. The molecule has 0 radical (unpaired) electrons. The van der Waals surface area contributed by atoms with Gasteiger partial charge in [0.2, 0.25) is 10.0 Å². The van der Waals surface area contributed by atoms with Crippen molar-refractivity contribution in [1.82, 2.24) is 4.90 Å². The molecule has 0 saturated carbocycles. The number of piperazine rings is 1. The van der Waals surface area contributed by atoms with E-state index in [1.807, 2.05) is 42.2 Å². The molecule has 2 aromatic rings. The molecule has 2 aliphatic heterocycles. The molecule has 1 saturated heterocycles. The Morgan fingerprint density at radius 3 is 2.45 bits per heavy atom. The van der Waals surface area contributed by atoms with Crippen molar-refractivity contribution in [2.45, 2.75) is 26.3 Å². The van der Waals surface area contributed by atoms with E-state index in [9.17, 15) is 13.2 Å². The lowest BCUT2D eigenvalue weighted by atomic mass is 10.1. The summed E-state index contributed by atoms with van der Waals surface area (Å²) in [6, 6.07) is 13.2. The Morgan fingerprint density at radius 1 is 1.06 bits per heavy atom. The first-order valence-electron chi connectivity index (χ1n) is 10.7. The molecule has 0 bridgehead atoms. The van der Waals surface area contributed by atoms with Gasteiger partial charge in [0.1, 0.15) is 5.75 Å². The number of hydrogen-bond donors (Lipinski definition) is 0. The van der Waals surface area contributed by atoms with Crippen LogP contribution in [0.25, 0.3) is 0 Å². The summed E-state index contributed by atoms with van der Waals surface area (Å²) in [5.41, 5.74) is 3.28. The maximum atomic E-state index is 13.1. The van der Waals surface area contributed by atoms with Gasteiger partial charge in [-0.05, 0) is 56.2 Å². The summed E-state index contributed by atoms with van der Waals surface area (Å²) in [7, 11) is -1.66. The van der Waals surface area contributed by atoms with Crippen LogP contribution in [0.15, 0.2) is 42.5 Å². The highest BCUT2D eigenvalue weighted by atomic mass is 32.2. The van der Waals surface area contributed by atoms with Crippen LogP contribution in [0.4, 0.5) is 11.4 Å². The van der Waals surface area contributed by atoms with Gasteiger partial charge in [0.25, 0.3) is 5.91 Å². The molecule has 0 spiro atoms. The molecule has 2 aromatic carbocycles. The molecule has 8 heteroatoms. The lowest BCUT2D eigenvalue weighted by Gasteiger charge is -2.36. The second-order valence-corrected chi connectivity index (χ2v) is 10.2. The third-order valence-corrected chi connectivity index (χ3v) is 8.02. The topological polar surface area (TPSA) is 70.2 Å². The number of benzene rings is 2. The minimum atomic E-state index is -3.33. The Morgan fingerprint density at radius 2 is 1.77 bits per heavy atom. The first kappa shape index (κ1) is 21.5. The van der Waals surface area contributed by atoms with Crippen LogP contribution in [-0.2, 0) is 16.4 Å². The molecule has 0 aromatic heterocycles. The number of methoxy groups -OCH3 is 1. The zero-order chi connectivity index (χ0) is 22.2. The fourth-order valence-electron chi connectivity index (χ4n) is 4.52. The highest BCUT2D eigenvalue weighted by Gasteiger charge is 2.34. The Bertz CT molecular complexity index is 1080. The average molecular weight is 444 g/mol. The Balaban J connectivity index is 1.48. The fraction of sp³-hybridized carbons (Fsp3) is 0.435. The number of carbonyl (C=O) groups excluding carboxylic acids is 1. The zero-order valence-corrected chi connectivity index (χ0v) is 19.1. The van der Waals surface area contributed by atoms with Gasteiger partial charge < -0.3 is 14.5 Å². The van der Waals surface area contributed by atoms with Gasteiger partial charge in [0.05, 0.1) is 24.2 Å². The van der Waals surface area contributed by atoms with Crippen molar-refractivity contribution >= 4 is 27.3 Å². The number of rotatable bonds is 5. The lowest BCUT2D eigenvalue weighted by molar-refractivity contribution is 0.0746. The maximum absolute atomic E-state index is 13.1. The second-order valence-electron chi connectivity index (χ2n) is 8.04. The Hall–Kier alpha value is -2.74. The normalized spacial score (nSPS) is 18.8. The van der Waals surface area contributed by atoms with Gasteiger partial charge in [-0.2, -0.15) is 0 Å². The lowest BCUT2D eigenvalue weighted by Crippen LogP contribution is -2.48. The van der Waals surface area contributed by atoms with E-state index < -0.39 is 10.0 Å². The third kappa shape index (κ3) is 3.96. The molecule has 4 rings (SSSR count). The molecule has 2 heterocycles. The van der Waals surface area contributed by atoms with Crippen molar-refractivity contribution in [3.8, 4) is 5.75 Å². The van der Waals surface area contributed by atoms with E-state index in [2.05, 4.69) is 4.90 Å². The van der Waals surface area contributed by atoms with E-state index in [4.69, 9.17) is 4.74 Å². The van der Waals surface area contributed by atoms with E-state index in [1.54, 1.807) is 26.2 Å². The van der Waals surface area contributed by atoms with E-state index >= 15 is 0 Å². The highest BCUT2D eigenvalue weighted by Crippen LogP contribution is 2.35. The van der Waals surface area contributed by atoms with Gasteiger partial charge in [0.15, 0.2) is 0 Å². The van der Waals surface area contributed by atoms with Crippen LogP contribution < -0.4 is 13.9 Å². The number of anilines is 2. The number of nitrogens with zero attached hydrogens (tertiary/aromatic N) is 3. The van der Waals surface area contributed by atoms with Crippen LogP contribution in [0.3, 0.4) is 0 Å². The maximum Gasteiger partial charge on any atom is 0.253 e. The first-order valence-corrected chi connectivity index (χ1v) is 12.3. The van der Waals surface area contributed by atoms with Crippen molar-refractivity contribution in [3.63, 3.8) is 0 Å². The molecule has 7 nitrogen and oxygen atoms in total. The average Bonchev–Trinajstić information content (AvgIpc) is 3.14. The van der Waals surface area contributed by atoms with Gasteiger partial charge in [-0.3, -0.25) is 9.10 Å². The van der Waals surface area contributed by atoms with Crippen LogP contribution >= 0.6 is 0 Å². The van der Waals surface area contributed by atoms with Crippen LogP contribution in [-0.4, -0.2) is 64.3 Å². The largest absolute Gasteiger partial charge is 0.495 e. The van der Waals surface area contributed by atoms with Crippen LogP contribution in [0.2, 0.25) is 0 Å². The minimum Gasteiger partial charge on any atom is -0.495 e. The van der Waals surface area contributed by atoms with Crippen molar-refractivity contribution in [3.05, 3.63) is 53.6 Å². The summed E-state index contributed by atoms with van der Waals surface area (Å²) in [6.45, 7) is 6.28. The molecular formula is C23H29N3O4S. The van der Waals surface area contributed by atoms with Gasteiger partial charge in [-0.15, -0.1) is 0 Å². The van der Waals surface area contributed by atoms with Gasteiger partial charge >= 0.3 is 0 Å². The third-order valence-electron chi connectivity index (χ3n) is 6.14. The minimum absolute atomic E-state index is 0.00747. The van der Waals surface area contributed by atoms with Crippen molar-refractivity contribution in [2.24, 2.45) is 0 Å². The molecule has 1 fully saturated rings. The predicted octanol–water partition coefficient (Wildman–Crippen LogP) is 2.76. The number of para-hydroxylation sites is 2. The number of sulfonamides is 1. The van der Waals surface area contributed by atoms with Gasteiger partial charge in [-0.1, -0.05) is 12.1 Å². The van der Waals surface area contributed by atoms with Gasteiger partial charge in [0, 0.05) is 37.8 Å². The van der Waals surface area contributed by atoms with Crippen LogP contribution in [0, 0.1) is 0 Å². The van der Waals surface area contributed by atoms with E-state index in [0.29, 0.717) is 30.8 Å². The van der Waals surface area contributed by atoms with Crippen LogP contribution in [0.1, 0.15) is 29.8 Å². The molecule has 0 aliphatic carbocycles. The summed E-state index contributed by atoms with van der Waals surface area (Å²) in [5.74, 6) is 0.891. The summed E-state index contributed by atoms with van der Waals surface area (Å²) in [6.07, 6.45) is 0.622. The van der Waals surface area contributed by atoms with Crippen molar-refractivity contribution in [1.29, 1.82) is 0 Å². The molecule has 1 amide bonds. The van der Waals surface area contributed by atoms with Gasteiger partial charge in [-0.25, -0.2) is 8.42 Å². The number of hydrogen-bond acceptors (Lipinski definition) is 5. The standard InChI is InChI=1S/C23H29N3O4S/c1-4-31(28,29)26-17(2)15-19-16-18(9-10-20(19)26)23(27)25-13-11-24(12-14-25)21-7-5-6-8-22(21)30-3/h5-10,16-17H,4,11-15H2,1-3H3/t17-/m1/s1. The quantitative estimate of drug-likeness (QED) is 0.711. The van der Waals surface area contributed by atoms with E-state index in [1.165, 1.54) is 4.31 Å². The molecule has 0 N–H and O–H groups in total. The molecule has 1 atom stereocenters. The Kier molecular flexibility index (Phi) is 5.83. The SMILES string of the molecule is CCS(=O)(=O)N1c2ccc(C(=O)N3CCN(c4ccccc4OC)CC3)cc2C[C@H]1C.